The fraction of sp³-hybridized carbons (Fsp3) is 0.545. The minimum atomic E-state index is -5.11. The summed E-state index contributed by atoms with van der Waals surface area (Å²) in [6.45, 7) is 2.02. The Hall–Kier alpha value is -3.02. The largest absolute Gasteiger partial charge is 0.491 e. The van der Waals surface area contributed by atoms with Crippen molar-refractivity contribution in [1.29, 1.82) is 0 Å². The Balaban J connectivity index is 1.42. The molecule has 0 spiro atoms. The smallest absolute Gasteiger partial charge is 0.419 e. The molecule has 12 heteroatoms. The number of rotatable bonds is 7. The molecule has 0 N–H and O–H groups in total. The molecule has 1 saturated heterocycles. The van der Waals surface area contributed by atoms with Crippen LogP contribution < -0.4 is 4.74 Å². The Labute approximate surface area is 191 Å². The number of hydrogen-bond acceptors (Lipinski definition) is 7. The third kappa shape index (κ3) is 4.50. The second kappa shape index (κ2) is 8.97. The van der Waals surface area contributed by atoms with Crippen molar-refractivity contribution >= 4 is 16.9 Å². The molecule has 1 aliphatic carbocycles. The highest BCUT2D eigenvalue weighted by molar-refractivity contribution is 5.92. The van der Waals surface area contributed by atoms with Gasteiger partial charge in [-0.25, -0.2) is 4.79 Å². The summed E-state index contributed by atoms with van der Waals surface area (Å²) in [5, 5.41) is 8.98. The Kier molecular flexibility index (Phi) is 6.00. The molecule has 5 rings (SSSR count). The van der Waals surface area contributed by atoms with E-state index in [0.717, 1.165) is 45.3 Å². The third-order valence-electron chi connectivity index (χ3n) is 6.26. The monoisotopic (exact) mass is 481 g/mol. The van der Waals surface area contributed by atoms with Gasteiger partial charge in [-0.2, -0.15) is 27.9 Å². The highest BCUT2D eigenvalue weighted by Gasteiger charge is 2.42. The van der Waals surface area contributed by atoms with Gasteiger partial charge >= 0.3 is 12.1 Å². The van der Waals surface area contributed by atoms with Crippen molar-refractivity contribution in [2.45, 2.75) is 50.1 Å². The van der Waals surface area contributed by atoms with Crippen molar-refractivity contribution in [2.75, 3.05) is 26.3 Å². The Bertz CT molecular complexity index is 1180. The van der Waals surface area contributed by atoms with Gasteiger partial charge in [0.1, 0.15) is 5.75 Å². The van der Waals surface area contributed by atoms with Crippen LogP contribution in [0.4, 0.5) is 17.6 Å². The molecule has 1 aliphatic heterocycles. The number of carbonyl (C=O) groups excluding carboxylic acids is 1. The number of aromatic nitrogens is 4. The molecule has 0 bridgehead atoms. The van der Waals surface area contributed by atoms with Crippen LogP contribution in [0, 0.1) is 0 Å². The van der Waals surface area contributed by atoms with Gasteiger partial charge in [0.2, 0.25) is 5.89 Å². The van der Waals surface area contributed by atoms with Gasteiger partial charge in [-0.15, -0.1) is 0 Å². The maximum Gasteiger partial charge on any atom is 0.491 e. The van der Waals surface area contributed by atoms with Gasteiger partial charge in [-0.1, -0.05) is 6.07 Å². The van der Waals surface area contributed by atoms with Crippen LogP contribution in [0.15, 0.2) is 22.7 Å². The molecule has 0 unspecified atom stereocenters. The number of nitrogens with zero attached hydrogens (tertiary/aromatic N) is 5. The van der Waals surface area contributed by atoms with E-state index in [-0.39, 0.29) is 30.2 Å². The molecular formula is C22H23F4N5O3. The van der Waals surface area contributed by atoms with Crippen LogP contribution in [-0.2, 0) is 4.79 Å². The summed E-state index contributed by atoms with van der Waals surface area (Å²) in [5.41, 5.74) is 0.982. The van der Waals surface area contributed by atoms with Crippen LogP contribution in [0.2, 0.25) is 0 Å². The number of carbonyl (C=O) groups is 1. The van der Waals surface area contributed by atoms with E-state index in [1.807, 2.05) is 0 Å². The van der Waals surface area contributed by atoms with Gasteiger partial charge < -0.3 is 14.2 Å². The molecule has 34 heavy (non-hydrogen) atoms. The number of benzene rings is 1. The summed E-state index contributed by atoms with van der Waals surface area (Å²) in [4.78, 5) is 18.2. The minimum absolute atomic E-state index is 0.0644. The first-order valence-electron chi connectivity index (χ1n) is 11.3. The van der Waals surface area contributed by atoms with Gasteiger partial charge in [0.15, 0.2) is 0 Å². The fourth-order valence-corrected chi connectivity index (χ4v) is 4.37. The second-order valence-corrected chi connectivity index (χ2v) is 8.70. The van der Waals surface area contributed by atoms with E-state index in [0.29, 0.717) is 28.9 Å². The van der Waals surface area contributed by atoms with Gasteiger partial charge in [-0.05, 0) is 62.5 Å². The summed E-state index contributed by atoms with van der Waals surface area (Å²) in [7, 11) is 0. The Morgan fingerprint density at radius 1 is 1.15 bits per heavy atom. The van der Waals surface area contributed by atoms with E-state index in [1.165, 1.54) is 16.8 Å². The standard InChI is InChI=1S/C22H23F4N5O3/c23-9-2-10-30-11-7-14(8-12-30)19-27-21(29-34-19)31-15-3-1-4-16(33-20(32)22(24,25)26)17(15)18(28-31)13-5-6-13/h1,3-4,13-14H,2,5-12H2. The quantitative estimate of drug-likeness (QED) is 0.283. The van der Waals surface area contributed by atoms with Gasteiger partial charge in [0, 0.05) is 18.4 Å². The zero-order valence-electron chi connectivity index (χ0n) is 18.2. The number of piperidine rings is 1. The fourth-order valence-electron chi connectivity index (χ4n) is 4.37. The van der Waals surface area contributed by atoms with E-state index >= 15 is 0 Å². The third-order valence-corrected chi connectivity index (χ3v) is 6.26. The maximum atomic E-state index is 12.8. The second-order valence-electron chi connectivity index (χ2n) is 8.70. The molecule has 2 aromatic heterocycles. The van der Waals surface area contributed by atoms with Crippen LogP contribution in [0.5, 0.6) is 5.75 Å². The molecule has 1 saturated carbocycles. The van der Waals surface area contributed by atoms with Crippen molar-refractivity contribution in [3.05, 3.63) is 29.8 Å². The summed E-state index contributed by atoms with van der Waals surface area (Å²) in [6, 6.07) is 4.48. The number of halogens is 4. The van der Waals surface area contributed by atoms with Crippen LogP contribution in [0.1, 0.15) is 55.5 Å². The summed E-state index contributed by atoms with van der Waals surface area (Å²) in [6.07, 6.45) is -1.30. The van der Waals surface area contributed by atoms with Gasteiger partial charge in [0.25, 0.3) is 5.95 Å². The summed E-state index contributed by atoms with van der Waals surface area (Å²) in [5.74, 6) is -1.71. The molecule has 0 amide bonds. The van der Waals surface area contributed by atoms with Crippen molar-refractivity contribution < 1.29 is 31.6 Å². The number of esters is 1. The van der Waals surface area contributed by atoms with Crippen LogP contribution in [-0.4, -0.2) is 63.3 Å². The average Bonchev–Trinajstić information content (AvgIpc) is 3.41. The molecule has 2 aliphatic rings. The number of ether oxygens (including phenoxy) is 1. The number of hydrogen-bond donors (Lipinski definition) is 0. The predicted octanol–water partition coefficient (Wildman–Crippen LogP) is 4.29. The lowest BCUT2D eigenvalue weighted by Gasteiger charge is -2.29. The van der Waals surface area contributed by atoms with Gasteiger partial charge in [0.05, 0.1) is 23.3 Å². The van der Waals surface area contributed by atoms with Crippen molar-refractivity contribution in [3.63, 3.8) is 0 Å². The van der Waals surface area contributed by atoms with Crippen molar-refractivity contribution in [2.24, 2.45) is 0 Å². The van der Waals surface area contributed by atoms with E-state index in [1.54, 1.807) is 6.07 Å². The molecule has 3 aromatic rings. The SMILES string of the molecule is O=C(Oc1cccc2c1c(C1CC1)nn2-c1noc(C2CCN(CCCF)CC2)n1)C(F)(F)F. The molecule has 0 radical (unpaired) electrons. The first-order chi connectivity index (χ1) is 16.3. The Morgan fingerprint density at radius 3 is 2.59 bits per heavy atom. The lowest BCUT2D eigenvalue weighted by molar-refractivity contribution is -0.189. The predicted molar refractivity (Wildman–Crippen MR) is 112 cm³/mol. The van der Waals surface area contributed by atoms with E-state index in [2.05, 4.69) is 24.9 Å². The zero-order chi connectivity index (χ0) is 23.9. The lowest BCUT2D eigenvalue weighted by atomic mass is 9.97. The first kappa shape index (κ1) is 22.8. The van der Waals surface area contributed by atoms with Crippen LogP contribution in [0.25, 0.3) is 16.9 Å². The average molecular weight is 481 g/mol. The maximum absolute atomic E-state index is 12.8. The summed E-state index contributed by atoms with van der Waals surface area (Å²) < 4.78 is 62.4. The van der Waals surface area contributed by atoms with E-state index in [9.17, 15) is 22.4 Å². The molecule has 8 nitrogen and oxygen atoms in total. The lowest BCUT2D eigenvalue weighted by Crippen LogP contribution is -2.34. The number of fused-ring (bicyclic) bond motifs is 1. The summed E-state index contributed by atoms with van der Waals surface area (Å²) >= 11 is 0. The number of alkyl halides is 4. The molecule has 0 atom stereocenters. The minimum Gasteiger partial charge on any atom is -0.419 e. The molecule has 1 aromatic carbocycles. The highest BCUT2D eigenvalue weighted by atomic mass is 19.4. The molecular weight excluding hydrogens is 458 g/mol. The zero-order valence-corrected chi connectivity index (χ0v) is 18.2. The highest BCUT2D eigenvalue weighted by Crippen LogP contribution is 2.45. The molecule has 2 fully saturated rings. The van der Waals surface area contributed by atoms with Crippen molar-refractivity contribution in [1.82, 2.24) is 24.8 Å². The van der Waals surface area contributed by atoms with E-state index in [4.69, 9.17) is 4.52 Å². The molecule has 3 heterocycles. The topological polar surface area (TPSA) is 86.3 Å². The molecule has 182 valence electrons. The van der Waals surface area contributed by atoms with Crippen LogP contribution in [0.3, 0.4) is 0 Å². The first-order valence-corrected chi connectivity index (χ1v) is 11.3. The van der Waals surface area contributed by atoms with Crippen LogP contribution >= 0.6 is 0 Å². The normalized spacial score (nSPS) is 18.0. The Morgan fingerprint density at radius 2 is 1.91 bits per heavy atom. The van der Waals surface area contributed by atoms with E-state index < -0.39 is 12.1 Å². The number of likely N-dealkylation sites (tertiary alicyclic amines) is 1. The van der Waals surface area contributed by atoms with Gasteiger partial charge in [-0.3, -0.25) is 4.39 Å². The van der Waals surface area contributed by atoms with Crippen molar-refractivity contribution in [3.8, 4) is 11.7 Å².